The summed E-state index contributed by atoms with van der Waals surface area (Å²) in [6.45, 7) is 2.25. The van der Waals surface area contributed by atoms with Crippen LogP contribution in [-0.2, 0) is 6.54 Å². The first kappa shape index (κ1) is 12.5. The first-order valence-corrected chi connectivity index (χ1v) is 7.32. The molecule has 0 saturated carbocycles. The Hall–Kier alpha value is -1.53. The predicted molar refractivity (Wildman–Crippen MR) is 79.7 cm³/mol. The minimum atomic E-state index is -0.0771. The number of benzene rings is 1. The molecule has 2 heterocycles. The average molecular weight is 336 g/mol. The van der Waals surface area contributed by atoms with Gasteiger partial charge in [-0.2, -0.15) is 0 Å². The highest BCUT2D eigenvalue weighted by Crippen LogP contribution is 2.21. The minimum Gasteiger partial charge on any atom is -0.291 e. The Morgan fingerprint density at radius 2 is 2.16 bits per heavy atom. The number of nitrogens with zero attached hydrogens (tertiary/aromatic N) is 3. The molecule has 1 aromatic carbocycles. The Balaban J connectivity index is 2.01. The third-order valence-electron chi connectivity index (χ3n) is 2.80. The van der Waals surface area contributed by atoms with Crippen molar-refractivity contribution >= 4 is 37.5 Å². The van der Waals surface area contributed by atoms with Gasteiger partial charge in [0.25, 0.3) is 5.56 Å². The molecule has 0 spiro atoms. The van der Waals surface area contributed by atoms with Crippen molar-refractivity contribution < 1.29 is 0 Å². The first-order valence-electron chi connectivity index (χ1n) is 5.71. The van der Waals surface area contributed by atoms with E-state index in [-0.39, 0.29) is 5.56 Å². The standard InChI is InChI=1S/C13H10BrN3OS/c1-8-12(14)13(18)17(7-15-8)6-11-16-9-4-2-3-5-10(9)19-11/h2-5,7H,6H2,1H3. The summed E-state index contributed by atoms with van der Waals surface area (Å²) in [5, 5.41) is 0.904. The second-order valence-electron chi connectivity index (χ2n) is 4.15. The second kappa shape index (κ2) is 4.86. The lowest BCUT2D eigenvalue weighted by Crippen LogP contribution is -2.22. The molecule has 3 aromatic rings. The maximum Gasteiger partial charge on any atom is 0.268 e. The van der Waals surface area contributed by atoms with E-state index in [0.717, 1.165) is 15.2 Å². The second-order valence-corrected chi connectivity index (χ2v) is 6.06. The van der Waals surface area contributed by atoms with Crippen LogP contribution in [0.5, 0.6) is 0 Å². The van der Waals surface area contributed by atoms with Crippen LogP contribution < -0.4 is 5.56 Å². The Bertz CT molecular complexity index is 776. The first-order chi connectivity index (χ1) is 9.15. The van der Waals surface area contributed by atoms with E-state index in [1.165, 1.54) is 0 Å². The fourth-order valence-corrected chi connectivity index (χ4v) is 3.09. The van der Waals surface area contributed by atoms with Crippen molar-refractivity contribution in [3.8, 4) is 0 Å². The summed E-state index contributed by atoms with van der Waals surface area (Å²) in [5.74, 6) is 0. The number of hydrogen-bond acceptors (Lipinski definition) is 4. The lowest BCUT2D eigenvalue weighted by Gasteiger charge is -2.04. The van der Waals surface area contributed by atoms with E-state index in [0.29, 0.717) is 16.7 Å². The summed E-state index contributed by atoms with van der Waals surface area (Å²) in [6, 6.07) is 7.95. The number of aryl methyl sites for hydroxylation is 1. The molecular weight excluding hydrogens is 326 g/mol. The zero-order valence-electron chi connectivity index (χ0n) is 10.1. The summed E-state index contributed by atoms with van der Waals surface area (Å²) >= 11 is 4.86. The van der Waals surface area contributed by atoms with Gasteiger partial charge in [-0.05, 0) is 35.0 Å². The number of aromatic nitrogens is 3. The van der Waals surface area contributed by atoms with Crippen LogP contribution in [0.15, 0.2) is 39.9 Å². The fourth-order valence-electron chi connectivity index (χ4n) is 1.79. The molecule has 19 heavy (non-hydrogen) atoms. The molecule has 0 unspecified atom stereocenters. The largest absolute Gasteiger partial charge is 0.291 e. The number of para-hydroxylation sites is 1. The molecule has 0 fully saturated rings. The van der Waals surface area contributed by atoms with Crippen LogP contribution in [0.4, 0.5) is 0 Å². The molecule has 3 rings (SSSR count). The van der Waals surface area contributed by atoms with Gasteiger partial charge in [0.15, 0.2) is 0 Å². The van der Waals surface area contributed by atoms with Crippen LogP contribution >= 0.6 is 27.3 Å². The Morgan fingerprint density at radius 3 is 2.95 bits per heavy atom. The maximum absolute atomic E-state index is 12.1. The van der Waals surface area contributed by atoms with Crippen molar-refractivity contribution in [1.29, 1.82) is 0 Å². The number of thiazole rings is 1. The van der Waals surface area contributed by atoms with Gasteiger partial charge in [0.05, 0.1) is 28.8 Å². The summed E-state index contributed by atoms with van der Waals surface area (Å²) in [4.78, 5) is 20.8. The zero-order chi connectivity index (χ0) is 13.4. The van der Waals surface area contributed by atoms with Crippen molar-refractivity contribution in [1.82, 2.24) is 14.5 Å². The molecule has 0 N–H and O–H groups in total. The molecule has 0 radical (unpaired) electrons. The van der Waals surface area contributed by atoms with E-state index >= 15 is 0 Å². The van der Waals surface area contributed by atoms with Crippen molar-refractivity contribution in [3.05, 3.63) is 56.1 Å². The summed E-state index contributed by atoms with van der Waals surface area (Å²) in [5.41, 5.74) is 1.59. The van der Waals surface area contributed by atoms with Gasteiger partial charge >= 0.3 is 0 Å². The lowest BCUT2D eigenvalue weighted by atomic mass is 10.3. The fraction of sp³-hybridized carbons (Fsp3) is 0.154. The van der Waals surface area contributed by atoms with Gasteiger partial charge in [-0.1, -0.05) is 12.1 Å². The summed E-state index contributed by atoms with van der Waals surface area (Å²) in [6.07, 6.45) is 1.56. The normalized spacial score (nSPS) is 11.1. The minimum absolute atomic E-state index is 0.0771. The van der Waals surface area contributed by atoms with Crippen molar-refractivity contribution in [2.24, 2.45) is 0 Å². The zero-order valence-corrected chi connectivity index (χ0v) is 12.5. The highest BCUT2D eigenvalue weighted by Gasteiger charge is 2.08. The molecular formula is C13H10BrN3OS. The lowest BCUT2D eigenvalue weighted by molar-refractivity contribution is 0.721. The highest BCUT2D eigenvalue weighted by molar-refractivity contribution is 9.10. The molecule has 0 atom stereocenters. The Morgan fingerprint density at radius 1 is 1.37 bits per heavy atom. The van der Waals surface area contributed by atoms with Gasteiger partial charge in [-0.25, -0.2) is 9.97 Å². The maximum atomic E-state index is 12.1. The van der Waals surface area contributed by atoms with E-state index in [9.17, 15) is 4.79 Å². The monoisotopic (exact) mass is 335 g/mol. The average Bonchev–Trinajstić information content (AvgIpc) is 2.82. The van der Waals surface area contributed by atoms with Gasteiger partial charge in [-0.3, -0.25) is 9.36 Å². The molecule has 4 nitrogen and oxygen atoms in total. The summed E-state index contributed by atoms with van der Waals surface area (Å²) < 4.78 is 3.20. The SMILES string of the molecule is Cc1ncn(Cc2nc3ccccc3s2)c(=O)c1Br. The highest BCUT2D eigenvalue weighted by atomic mass is 79.9. The molecule has 0 aliphatic heterocycles. The van der Waals surface area contributed by atoms with Crippen molar-refractivity contribution in [3.63, 3.8) is 0 Å². The van der Waals surface area contributed by atoms with E-state index in [2.05, 4.69) is 25.9 Å². The summed E-state index contributed by atoms with van der Waals surface area (Å²) in [7, 11) is 0. The van der Waals surface area contributed by atoms with Gasteiger partial charge in [0, 0.05) is 0 Å². The van der Waals surface area contributed by atoms with Gasteiger partial charge in [0.2, 0.25) is 0 Å². The molecule has 0 saturated heterocycles. The smallest absolute Gasteiger partial charge is 0.268 e. The number of halogens is 1. The molecule has 0 amide bonds. The van der Waals surface area contributed by atoms with Crippen LogP contribution in [0.1, 0.15) is 10.7 Å². The Kier molecular flexibility index (Phi) is 3.20. The van der Waals surface area contributed by atoms with E-state index < -0.39 is 0 Å². The third-order valence-corrected chi connectivity index (χ3v) is 4.73. The van der Waals surface area contributed by atoms with E-state index in [1.807, 2.05) is 24.3 Å². The van der Waals surface area contributed by atoms with Crippen LogP contribution in [0.25, 0.3) is 10.2 Å². The molecule has 0 aliphatic rings. The predicted octanol–water partition coefficient (Wildman–Crippen LogP) is 2.97. The topological polar surface area (TPSA) is 47.8 Å². The number of fused-ring (bicyclic) bond motifs is 1. The quantitative estimate of drug-likeness (QED) is 0.723. The van der Waals surface area contributed by atoms with Gasteiger partial charge in [-0.15, -0.1) is 11.3 Å². The van der Waals surface area contributed by atoms with Gasteiger partial charge < -0.3 is 0 Å². The van der Waals surface area contributed by atoms with Crippen molar-refractivity contribution in [2.45, 2.75) is 13.5 Å². The molecule has 6 heteroatoms. The molecule has 2 aromatic heterocycles. The van der Waals surface area contributed by atoms with Crippen LogP contribution in [0, 0.1) is 6.92 Å². The number of rotatable bonds is 2. The van der Waals surface area contributed by atoms with Crippen molar-refractivity contribution in [2.75, 3.05) is 0 Å². The van der Waals surface area contributed by atoms with Crippen LogP contribution in [0.3, 0.4) is 0 Å². The Labute approximate surface area is 121 Å². The van der Waals surface area contributed by atoms with Crippen LogP contribution in [0.2, 0.25) is 0 Å². The van der Waals surface area contributed by atoms with E-state index in [4.69, 9.17) is 0 Å². The third kappa shape index (κ3) is 2.33. The van der Waals surface area contributed by atoms with Gasteiger partial charge in [0.1, 0.15) is 9.48 Å². The molecule has 0 aliphatic carbocycles. The van der Waals surface area contributed by atoms with E-state index in [1.54, 1.807) is 29.2 Å². The number of hydrogen-bond donors (Lipinski definition) is 0. The molecule has 0 bridgehead atoms. The molecule has 96 valence electrons. The van der Waals surface area contributed by atoms with Crippen LogP contribution in [-0.4, -0.2) is 14.5 Å².